The maximum atomic E-state index is 12.2. The van der Waals surface area contributed by atoms with Gasteiger partial charge in [-0.1, -0.05) is 46.5 Å². The van der Waals surface area contributed by atoms with Gasteiger partial charge in [0.25, 0.3) is 0 Å². The van der Waals surface area contributed by atoms with Crippen LogP contribution in [-0.4, -0.2) is 22.7 Å². The molecule has 1 aliphatic carbocycles. The molecule has 0 spiro atoms. The lowest BCUT2D eigenvalue weighted by Gasteiger charge is -2.18. The monoisotopic (exact) mass is 435 g/mol. The van der Waals surface area contributed by atoms with Crippen molar-refractivity contribution >= 4 is 44.4 Å². The Morgan fingerprint density at radius 3 is 2.92 bits per heavy atom. The molecule has 0 atom stereocenters. The molecule has 0 aliphatic heterocycles. The molecule has 1 fully saturated rings. The van der Waals surface area contributed by atoms with E-state index in [0.29, 0.717) is 17.7 Å². The fourth-order valence-corrected chi connectivity index (χ4v) is 4.34. The summed E-state index contributed by atoms with van der Waals surface area (Å²) in [4.78, 5) is 12.2. The van der Waals surface area contributed by atoms with E-state index < -0.39 is 0 Å². The Hall–Kier alpha value is -1.73. The highest BCUT2D eigenvalue weighted by atomic mass is 79.9. The molecule has 26 heavy (non-hydrogen) atoms. The van der Waals surface area contributed by atoms with Crippen molar-refractivity contribution in [2.45, 2.75) is 44.9 Å². The standard InChI is InChI=1S/C19H22BrN3O2S/c1-2-25-16-10-9-15(20)12-14(16)8-11-17(24)21-19-23-22-18(26-19)13-6-4-3-5-7-13/h8-13H,2-7H2,1H3,(H,21,23,24)/b11-8+. The number of nitrogens with zero attached hydrogens (tertiary/aromatic N) is 2. The molecule has 1 N–H and O–H groups in total. The van der Waals surface area contributed by atoms with Crippen LogP contribution in [0.1, 0.15) is 55.5 Å². The second kappa shape index (κ2) is 9.28. The molecule has 2 aromatic rings. The van der Waals surface area contributed by atoms with Gasteiger partial charge < -0.3 is 4.74 Å². The number of carbonyl (C=O) groups is 1. The molecule has 1 amide bonds. The lowest BCUT2D eigenvalue weighted by molar-refractivity contribution is -0.111. The van der Waals surface area contributed by atoms with Crippen molar-refractivity contribution < 1.29 is 9.53 Å². The largest absolute Gasteiger partial charge is 0.493 e. The first-order chi connectivity index (χ1) is 12.7. The fraction of sp³-hybridized carbons (Fsp3) is 0.421. The van der Waals surface area contributed by atoms with Crippen molar-refractivity contribution in [1.29, 1.82) is 0 Å². The Balaban J connectivity index is 1.63. The molecule has 138 valence electrons. The van der Waals surface area contributed by atoms with E-state index in [-0.39, 0.29) is 5.91 Å². The molecule has 0 radical (unpaired) electrons. The van der Waals surface area contributed by atoms with Gasteiger partial charge in [-0.05, 0) is 44.0 Å². The smallest absolute Gasteiger partial charge is 0.250 e. The van der Waals surface area contributed by atoms with Crippen LogP contribution >= 0.6 is 27.3 Å². The molecule has 1 aromatic carbocycles. The Morgan fingerprint density at radius 1 is 1.35 bits per heavy atom. The van der Waals surface area contributed by atoms with Crippen LogP contribution in [0.5, 0.6) is 5.75 Å². The van der Waals surface area contributed by atoms with Crippen molar-refractivity contribution in [3.05, 3.63) is 39.3 Å². The van der Waals surface area contributed by atoms with Crippen LogP contribution in [0.15, 0.2) is 28.7 Å². The summed E-state index contributed by atoms with van der Waals surface area (Å²) in [5, 5.41) is 12.8. The molecule has 5 nitrogen and oxygen atoms in total. The van der Waals surface area contributed by atoms with E-state index in [1.165, 1.54) is 49.5 Å². The average Bonchev–Trinajstić information content (AvgIpc) is 3.11. The zero-order valence-electron chi connectivity index (χ0n) is 14.7. The van der Waals surface area contributed by atoms with E-state index in [1.54, 1.807) is 6.08 Å². The van der Waals surface area contributed by atoms with Crippen molar-refractivity contribution in [3.63, 3.8) is 0 Å². The van der Waals surface area contributed by atoms with Gasteiger partial charge >= 0.3 is 0 Å². The number of amides is 1. The third-order valence-corrected chi connectivity index (χ3v) is 5.81. The summed E-state index contributed by atoms with van der Waals surface area (Å²) in [6, 6.07) is 5.71. The summed E-state index contributed by atoms with van der Waals surface area (Å²) in [5.41, 5.74) is 0.844. The van der Waals surface area contributed by atoms with Gasteiger partial charge in [0.05, 0.1) is 6.61 Å². The van der Waals surface area contributed by atoms with Gasteiger partial charge in [0.1, 0.15) is 10.8 Å². The molecular formula is C19H22BrN3O2S. The van der Waals surface area contributed by atoms with Gasteiger partial charge in [-0.3, -0.25) is 10.1 Å². The summed E-state index contributed by atoms with van der Waals surface area (Å²) >= 11 is 4.93. The first-order valence-corrected chi connectivity index (χ1v) is 10.5. The molecule has 3 rings (SSSR count). The highest BCUT2D eigenvalue weighted by Gasteiger charge is 2.19. The number of halogens is 1. The Bertz CT molecular complexity index is 785. The molecule has 1 heterocycles. The lowest BCUT2D eigenvalue weighted by atomic mass is 9.90. The predicted octanol–water partition coefficient (Wildman–Crippen LogP) is 5.40. The van der Waals surface area contributed by atoms with Crippen LogP contribution in [0, 0.1) is 0 Å². The summed E-state index contributed by atoms with van der Waals surface area (Å²) < 4.78 is 6.52. The number of nitrogens with one attached hydrogen (secondary N) is 1. The topological polar surface area (TPSA) is 64.1 Å². The number of aromatic nitrogens is 2. The van der Waals surface area contributed by atoms with E-state index in [1.807, 2.05) is 25.1 Å². The second-order valence-electron chi connectivity index (χ2n) is 6.22. The summed E-state index contributed by atoms with van der Waals surface area (Å²) in [7, 11) is 0. The van der Waals surface area contributed by atoms with Crippen molar-refractivity contribution in [3.8, 4) is 5.75 Å². The van der Waals surface area contributed by atoms with Gasteiger partial charge in [0.15, 0.2) is 0 Å². The number of hydrogen-bond acceptors (Lipinski definition) is 5. The third-order valence-electron chi connectivity index (χ3n) is 4.31. The van der Waals surface area contributed by atoms with Crippen molar-refractivity contribution in [2.24, 2.45) is 0 Å². The molecule has 1 saturated carbocycles. The van der Waals surface area contributed by atoms with Crippen LogP contribution in [0.4, 0.5) is 5.13 Å². The third kappa shape index (κ3) is 5.14. The molecule has 0 unspecified atom stereocenters. The van der Waals surface area contributed by atoms with Gasteiger partial charge in [0.2, 0.25) is 11.0 Å². The minimum atomic E-state index is -0.223. The van der Waals surface area contributed by atoms with Gasteiger partial charge in [-0.15, -0.1) is 10.2 Å². The number of benzene rings is 1. The average molecular weight is 436 g/mol. The van der Waals surface area contributed by atoms with E-state index in [0.717, 1.165) is 20.8 Å². The lowest BCUT2D eigenvalue weighted by Crippen LogP contribution is -2.07. The van der Waals surface area contributed by atoms with Crippen molar-refractivity contribution in [2.75, 3.05) is 11.9 Å². The van der Waals surface area contributed by atoms with Gasteiger partial charge in [-0.2, -0.15) is 0 Å². The van der Waals surface area contributed by atoms with Crippen LogP contribution in [0.2, 0.25) is 0 Å². The zero-order valence-corrected chi connectivity index (χ0v) is 17.1. The highest BCUT2D eigenvalue weighted by Crippen LogP contribution is 2.35. The summed E-state index contributed by atoms with van der Waals surface area (Å²) in [6.45, 7) is 2.50. The molecule has 0 bridgehead atoms. The summed E-state index contributed by atoms with van der Waals surface area (Å²) in [6.07, 6.45) is 9.40. The van der Waals surface area contributed by atoms with Crippen molar-refractivity contribution in [1.82, 2.24) is 10.2 Å². The Labute approximate surface area is 166 Å². The predicted molar refractivity (Wildman–Crippen MR) is 109 cm³/mol. The SMILES string of the molecule is CCOc1ccc(Br)cc1/C=C/C(=O)Nc1nnc(C2CCCCC2)s1. The zero-order chi connectivity index (χ0) is 18.4. The normalized spacial score (nSPS) is 15.3. The molecule has 1 aliphatic rings. The fourth-order valence-electron chi connectivity index (χ4n) is 3.05. The van der Waals surface area contributed by atoms with E-state index >= 15 is 0 Å². The van der Waals surface area contributed by atoms with Crippen LogP contribution in [0.25, 0.3) is 6.08 Å². The van der Waals surface area contributed by atoms with Crippen LogP contribution in [-0.2, 0) is 4.79 Å². The van der Waals surface area contributed by atoms with E-state index in [9.17, 15) is 4.79 Å². The Morgan fingerprint density at radius 2 is 2.15 bits per heavy atom. The summed E-state index contributed by atoms with van der Waals surface area (Å²) in [5.74, 6) is 1.02. The first kappa shape index (κ1) is 19.0. The molecule has 0 saturated heterocycles. The van der Waals surface area contributed by atoms with Gasteiger partial charge in [-0.25, -0.2) is 0 Å². The molecule has 1 aromatic heterocycles. The van der Waals surface area contributed by atoms with E-state index in [4.69, 9.17) is 4.74 Å². The maximum Gasteiger partial charge on any atom is 0.250 e. The quantitative estimate of drug-likeness (QED) is 0.616. The minimum absolute atomic E-state index is 0.223. The number of rotatable bonds is 6. The van der Waals surface area contributed by atoms with E-state index in [2.05, 4.69) is 31.4 Å². The molecular weight excluding hydrogens is 414 g/mol. The van der Waals surface area contributed by atoms with Crippen LogP contribution in [0.3, 0.4) is 0 Å². The molecule has 7 heteroatoms. The number of anilines is 1. The van der Waals surface area contributed by atoms with Crippen LogP contribution < -0.4 is 10.1 Å². The minimum Gasteiger partial charge on any atom is -0.493 e. The highest BCUT2D eigenvalue weighted by molar-refractivity contribution is 9.10. The second-order valence-corrected chi connectivity index (χ2v) is 8.14. The maximum absolute atomic E-state index is 12.2. The number of carbonyl (C=O) groups excluding carboxylic acids is 1. The number of hydrogen-bond donors (Lipinski definition) is 1. The first-order valence-electron chi connectivity index (χ1n) is 8.90. The Kier molecular flexibility index (Phi) is 6.80. The van der Waals surface area contributed by atoms with Gasteiger partial charge in [0, 0.05) is 22.0 Å². The number of ether oxygens (including phenoxy) is 1.